The molecule has 2 aromatic heterocycles. The van der Waals surface area contributed by atoms with E-state index in [-0.39, 0.29) is 12.4 Å². The minimum atomic E-state index is -0.557. The quantitative estimate of drug-likeness (QED) is 0.417. The molecule has 0 fully saturated rings. The van der Waals surface area contributed by atoms with Gasteiger partial charge in [-0.2, -0.15) is 16.3 Å². The molecule has 0 aliphatic rings. The van der Waals surface area contributed by atoms with Gasteiger partial charge in [0.1, 0.15) is 5.75 Å². The number of rotatable bonds is 8. The first-order valence-corrected chi connectivity index (χ1v) is 9.09. The van der Waals surface area contributed by atoms with Crippen molar-refractivity contribution in [3.05, 3.63) is 46.4 Å². The van der Waals surface area contributed by atoms with E-state index in [1.807, 2.05) is 16.8 Å². The van der Waals surface area contributed by atoms with Crippen molar-refractivity contribution in [2.45, 2.75) is 6.61 Å². The van der Waals surface area contributed by atoms with E-state index in [0.717, 1.165) is 5.56 Å². The molecular weight excluding hydrogens is 384 g/mol. The normalized spacial score (nSPS) is 10.8. The highest BCUT2D eigenvalue weighted by molar-refractivity contribution is 7.08. The van der Waals surface area contributed by atoms with E-state index in [1.165, 1.54) is 38.7 Å². The molecule has 0 amide bonds. The summed E-state index contributed by atoms with van der Waals surface area (Å²) >= 11 is 1.52. The predicted molar refractivity (Wildman–Crippen MR) is 103 cm³/mol. The van der Waals surface area contributed by atoms with Crippen LogP contribution in [0, 0.1) is 0 Å². The van der Waals surface area contributed by atoms with Gasteiger partial charge in [-0.1, -0.05) is 5.16 Å². The number of methoxy groups -OCH3 is 3. The maximum absolute atomic E-state index is 12.0. The van der Waals surface area contributed by atoms with Crippen molar-refractivity contribution in [1.29, 1.82) is 0 Å². The molecule has 0 aliphatic carbocycles. The molecule has 0 aliphatic heterocycles. The molecule has 0 spiro atoms. The number of carbonyl (C=O) groups excluding carboxylic acids is 1. The first kappa shape index (κ1) is 19.4. The van der Waals surface area contributed by atoms with Crippen molar-refractivity contribution >= 4 is 23.4 Å². The molecule has 0 saturated heterocycles. The van der Waals surface area contributed by atoms with Crippen LogP contribution >= 0.6 is 11.3 Å². The van der Waals surface area contributed by atoms with Gasteiger partial charge in [0.05, 0.1) is 26.9 Å². The smallest absolute Gasteiger partial charge is 0.331 e. The Morgan fingerprint density at radius 1 is 1.14 bits per heavy atom. The highest BCUT2D eigenvalue weighted by atomic mass is 32.1. The summed E-state index contributed by atoms with van der Waals surface area (Å²) in [5.41, 5.74) is 1.46. The monoisotopic (exact) mass is 402 g/mol. The van der Waals surface area contributed by atoms with Gasteiger partial charge >= 0.3 is 5.97 Å². The van der Waals surface area contributed by atoms with Gasteiger partial charge in [0, 0.05) is 23.1 Å². The molecule has 2 heterocycles. The molecule has 28 heavy (non-hydrogen) atoms. The zero-order valence-corrected chi connectivity index (χ0v) is 16.3. The van der Waals surface area contributed by atoms with Crippen LogP contribution in [-0.4, -0.2) is 37.4 Å². The second-order valence-corrected chi connectivity index (χ2v) is 6.20. The van der Waals surface area contributed by atoms with Crippen LogP contribution in [-0.2, 0) is 16.1 Å². The first-order chi connectivity index (χ1) is 13.6. The highest BCUT2D eigenvalue weighted by Crippen LogP contribution is 2.35. The molecule has 8 nitrogen and oxygen atoms in total. The Morgan fingerprint density at radius 2 is 1.89 bits per heavy atom. The molecule has 0 saturated carbocycles. The van der Waals surface area contributed by atoms with Crippen LogP contribution in [0.5, 0.6) is 17.2 Å². The average Bonchev–Trinajstić information content (AvgIpc) is 3.41. The van der Waals surface area contributed by atoms with Crippen LogP contribution in [0.4, 0.5) is 0 Å². The zero-order chi connectivity index (χ0) is 19.9. The lowest BCUT2D eigenvalue weighted by atomic mass is 10.1. The standard InChI is InChI=1S/C19H18N2O6S/c1-23-14-9-16(25-3)15(24-2)8-12(14)4-5-18(22)26-10-17-20-19(27-21-17)13-6-7-28-11-13/h4-9,11H,10H2,1-3H3/b5-4+. The third kappa shape index (κ3) is 4.49. The highest BCUT2D eigenvalue weighted by Gasteiger charge is 2.12. The molecule has 1 aromatic carbocycles. The largest absolute Gasteiger partial charge is 0.496 e. The van der Waals surface area contributed by atoms with Crippen LogP contribution in [0.1, 0.15) is 11.4 Å². The fourth-order valence-electron chi connectivity index (χ4n) is 2.34. The summed E-state index contributed by atoms with van der Waals surface area (Å²) in [6.07, 6.45) is 2.85. The Balaban J connectivity index is 1.64. The summed E-state index contributed by atoms with van der Waals surface area (Å²) in [5, 5.41) is 7.60. The van der Waals surface area contributed by atoms with Crippen molar-refractivity contribution < 1.29 is 28.3 Å². The van der Waals surface area contributed by atoms with E-state index in [4.69, 9.17) is 23.5 Å². The van der Waals surface area contributed by atoms with Crippen molar-refractivity contribution in [3.8, 4) is 28.7 Å². The summed E-state index contributed by atoms with van der Waals surface area (Å²) in [7, 11) is 4.59. The van der Waals surface area contributed by atoms with Crippen LogP contribution in [0.25, 0.3) is 17.5 Å². The zero-order valence-electron chi connectivity index (χ0n) is 15.5. The third-order valence-electron chi connectivity index (χ3n) is 3.71. The average molecular weight is 402 g/mol. The number of hydrogen-bond donors (Lipinski definition) is 0. The van der Waals surface area contributed by atoms with E-state index in [2.05, 4.69) is 10.1 Å². The fourth-order valence-corrected chi connectivity index (χ4v) is 2.97. The Bertz CT molecular complexity index is 965. The molecule has 146 valence electrons. The van der Waals surface area contributed by atoms with E-state index in [0.29, 0.717) is 28.7 Å². The number of benzene rings is 1. The molecule has 3 aromatic rings. The van der Waals surface area contributed by atoms with Crippen LogP contribution in [0.15, 0.2) is 39.6 Å². The molecular formula is C19H18N2O6S. The van der Waals surface area contributed by atoms with Crippen molar-refractivity contribution in [2.24, 2.45) is 0 Å². The van der Waals surface area contributed by atoms with Gasteiger partial charge in [0.25, 0.3) is 5.89 Å². The van der Waals surface area contributed by atoms with Crippen LogP contribution in [0.3, 0.4) is 0 Å². The number of nitrogens with zero attached hydrogens (tertiary/aromatic N) is 2. The predicted octanol–water partition coefficient (Wildman–Crippen LogP) is 3.58. The number of thiophene rings is 1. The van der Waals surface area contributed by atoms with Gasteiger partial charge < -0.3 is 23.5 Å². The maximum atomic E-state index is 12.0. The van der Waals surface area contributed by atoms with Gasteiger partial charge in [-0.05, 0) is 23.6 Å². The maximum Gasteiger partial charge on any atom is 0.331 e. The van der Waals surface area contributed by atoms with Crippen molar-refractivity contribution in [1.82, 2.24) is 10.1 Å². The Kier molecular flexibility index (Phi) is 6.28. The summed E-state index contributed by atoms with van der Waals surface area (Å²) in [6.45, 7) is -0.0973. The number of esters is 1. The molecule has 3 rings (SSSR count). The van der Waals surface area contributed by atoms with Gasteiger partial charge in [0.2, 0.25) is 5.82 Å². The minimum Gasteiger partial charge on any atom is -0.496 e. The van der Waals surface area contributed by atoms with Crippen molar-refractivity contribution in [2.75, 3.05) is 21.3 Å². The lowest BCUT2D eigenvalue weighted by Gasteiger charge is -2.12. The van der Waals surface area contributed by atoms with Crippen LogP contribution in [0.2, 0.25) is 0 Å². The summed E-state index contributed by atoms with van der Waals surface area (Å²) in [4.78, 5) is 16.2. The van der Waals surface area contributed by atoms with Gasteiger partial charge in [-0.3, -0.25) is 0 Å². The second kappa shape index (κ2) is 9.05. The number of ether oxygens (including phenoxy) is 4. The van der Waals surface area contributed by atoms with Crippen molar-refractivity contribution in [3.63, 3.8) is 0 Å². The Hall–Kier alpha value is -3.33. The van der Waals surface area contributed by atoms with Gasteiger partial charge in [-0.15, -0.1) is 0 Å². The Labute approximate surface area is 165 Å². The first-order valence-electron chi connectivity index (χ1n) is 8.14. The lowest BCUT2D eigenvalue weighted by molar-refractivity contribution is -0.139. The van der Waals surface area contributed by atoms with E-state index >= 15 is 0 Å². The molecule has 0 atom stereocenters. The van der Waals surface area contributed by atoms with E-state index in [9.17, 15) is 4.79 Å². The summed E-state index contributed by atoms with van der Waals surface area (Å²) in [6, 6.07) is 5.25. The lowest BCUT2D eigenvalue weighted by Crippen LogP contribution is -2.02. The van der Waals surface area contributed by atoms with E-state index < -0.39 is 5.97 Å². The second-order valence-electron chi connectivity index (χ2n) is 5.42. The molecule has 0 unspecified atom stereocenters. The number of hydrogen-bond acceptors (Lipinski definition) is 9. The van der Waals surface area contributed by atoms with E-state index in [1.54, 1.807) is 18.2 Å². The van der Waals surface area contributed by atoms with Gasteiger partial charge in [0.15, 0.2) is 18.1 Å². The summed E-state index contributed by atoms with van der Waals surface area (Å²) < 4.78 is 26.1. The number of aromatic nitrogens is 2. The van der Waals surface area contributed by atoms with Gasteiger partial charge in [-0.25, -0.2) is 4.79 Å². The number of carbonyl (C=O) groups is 1. The Morgan fingerprint density at radius 3 is 2.57 bits per heavy atom. The molecule has 0 radical (unpaired) electrons. The molecule has 0 bridgehead atoms. The minimum absolute atomic E-state index is 0.0973. The molecule has 0 N–H and O–H groups in total. The fraction of sp³-hybridized carbons (Fsp3) is 0.211. The van der Waals surface area contributed by atoms with Crippen LogP contribution < -0.4 is 14.2 Å². The third-order valence-corrected chi connectivity index (χ3v) is 4.40. The topological polar surface area (TPSA) is 92.9 Å². The molecule has 9 heteroatoms. The summed E-state index contributed by atoms with van der Waals surface area (Å²) in [5.74, 6) is 1.69. The SMILES string of the molecule is COc1cc(OC)c(OC)cc1/C=C/C(=O)OCc1noc(-c2ccsc2)n1.